The van der Waals surface area contributed by atoms with Gasteiger partial charge in [0.25, 0.3) is 11.7 Å². The van der Waals surface area contributed by atoms with E-state index >= 15 is 0 Å². The number of carbonyl (C=O) groups excluding carboxylic acids is 1. The number of nitrogens with zero attached hydrogens (tertiary/aromatic N) is 2. The molecule has 1 amide bonds. The van der Waals surface area contributed by atoms with Gasteiger partial charge in [-0.1, -0.05) is 35.5 Å². The highest BCUT2D eigenvalue weighted by molar-refractivity contribution is 5.88. The van der Waals surface area contributed by atoms with E-state index in [1.54, 1.807) is 0 Å². The first kappa shape index (κ1) is 15.8. The quantitative estimate of drug-likeness (QED) is 0.780. The van der Waals surface area contributed by atoms with E-state index in [9.17, 15) is 13.6 Å². The number of nitrogens with two attached hydrogens (primary N) is 1. The van der Waals surface area contributed by atoms with Crippen LogP contribution in [0, 0.1) is 11.6 Å². The summed E-state index contributed by atoms with van der Waals surface area (Å²) >= 11 is 0. The van der Waals surface area contributed by atoms with Crippen LogP contribution in [0.15, 0.2) is 47.0 Å². The molecule has 0 saturated heterocycles. The molecule has 122 valence electrons. The smallest absolute Gasteiger partial charge is 0.290 e. The van der Waals surface area contributed by atoms with Crippen molar-refractivity contribution in [3.8, 4) is 11.1 Å². The Morgan fingerprint density at radius 1 is 1.00 bits per heavy atom. The number of aromatic nitrogens is 2. The Morgan fingerprint density at radius 3 is 2.33 bits per heavy atom. The van der Waals surface area contributed by atoms with Crippen molar-refractivity contribution in [3.05, 3.63) is 71.4 Å². The molecule has 0 radical (unpaired) electrons. The molecule has 0 saturated carbocycles. The second kappa shape index (κ2) is 6.57. The van der Waals surface area contributed by atoms with Crippen molar-refractivity contribution in [1.82, 2.24) is 10.1 Å². The Bertz CT molecular complexity index is 876. The summed E-state index contributed by atoms with van der Waals surface area (Å²) in [5, 5.41) is 3.47. The molecule has 5 nitrogen and oxygen atoms in total. The largest absolute Gasteiger partial charge is 0.363 e. The molecule has 0 spiro atoms. The molecule has 0 unspecified atom stereocenters. The lowest BCUT2D eigenvalue weighted by atomic mass is 10.0. The van der Waals surface area contributed by atoms with E-state index in [4.69, 9.17) is 10.3 Å². The SMILES string of the molecule is NC(=O)c1noc(CCc2ccc(-c3ccc(F)c(F)c3)cc2)n1. The zero-order chi connectivity index (χ0) is 17.1. The third-order valence-electron chi connectivity index (χ3n) is 3.52. The molecule has 24 heavy (non-hydrogen) atoms. The van der Waals surface area contributed by atoms with E-state index in [1.165, 1.54) is 6.07 Å². The van der Waals surface area contributed by atoms with Crippen LogP contribution in [0.3, 0.4) is 0 Å². The summed E-state index contributed by atoms with van der Waals surface area (Å²) in [6.45, 7) is 0. The Kier molecular flexibility index (Phi) is 4.33. The normalized spacial score (nSPS) is 10.8. The Labute approximate surface area is 136 Å². The molecule has 3 rings (SSSR count). The van der Waals surface area contributed by atoms with E-state index in [2.05, 4.69) is 10.1 Å². The van der Waals surface area contributed by atoms with Crippen LogP contribution in [-0.2, 0) is 12.8 Å². The van der Waals surface area contributed by atoms with Gasteiger partial charge in [0.2, 0.25) is 5.89 Å². The maximum absolute atomic E-state index is 13.3. The standard InChI is InChI=1S/C17H13F2N3O2/c18-13-7-6-12(9-14(13)19)11-4-1-10(2-5-11)3-8-15-21-17(16(20)23)22-24-15/h1-2,4-7,9H,3,8H2,(H2,20,23). The zero-order valence-corrected chi connectivity index (χ0v) is 12.5. The lowest BCUT2D eigenvalue weighted by molar-refractivity contribution is 0.0987. The number of hydrogen-bond donors (Lipinski definition) is 1. The topological polar surface area (TPSA) is 82.0 Å². The molecule has 0 aliphatic rings. The summed E-state index contributed by atoms with van der Waals surface area (Å²) in [6.07, 6.45) is 1.09. The number of hydrogen-bond acceptors (Lipinski definition) is 4. The number of carbonyl (C=O) groups is 1. The average Bonchev–Trinajstić information content (AvgIpc) is 3.05. The van der Waals surface area contributed by atoms with Crippen LogP contribution in [0.25, 0.3) is 11.1 Å². The van der Waals surface area contributed by atoms with Crippen LogP contribution >= 0.6 is 0 Å². The monoisotopic (exact) mass is 329 g/mol. The van der Waals surface area contributed by atoms with Gasteiger partial charge >= 0.3 is 0 Å². The summed E-state index contributed by atoms with van der Waals surface area (Å²) in [5.41, 5.74) is 7.44. The van der Waals surface area contributed by atoms with Gasteiger partial charge in [0.05, 0.1) is 0 Å². The molecule has 0 fully saturated rings. The average molecular weight is 329 g/mol. The van der Waals surface area contributed by atoms with Gasteiger partial charge in [-0.05, 0) is 35.2 Å². The highest BCUT2D eigenvalue weighted by Crippen LogP contribution is 2.22. The van der Waals surface area contributed by atoms with Crippen molar-refractivity contribution in [3.63, 3.8) is 0 Å². The molecule has 2 aromatic carbocycles. The number of benzene rings is 2. The maximum Gasteiger partial charge on any atom is 0.290 e. The minimum Gasteiger partial charge on any atom is -0.363 e. The van der Waals surface area contributed by atoms with Gasteiger partial charge in [-0.15, -0.1) is 0 Å². The van der Waals surface area contributed by atoms with Crippen LogP contribution in [0.2, 0.25) is 0 Å². The van der Waals surface area contributed by atoms with Crippen LogP contribution in [0.4, 0.5) is 8.78 Å². The summed E-state index contributed by atoms with van der Waals surface area (Å²) in [7, 11) is 0. The van der Waals surface area contributed by atoms with Gasteiger partial charge in [-0.3, -0.25) is 4.79 Å². The predicted molar refractivity (Wildman–Crippen MR) is 82.0 cm³/mol. The van der Waals surface area contributed by atoms with Crippen LogP contribution < -0.4 is 5.73 Å². The number of amides is 1. The second-order valence-electron chi connectivity index (χ2n) is 5.20. The third kappa shape index (κ3) is 3.45. The molecule has 1 heterocycles. The number of halogens is 2. The van der Waals surface area contributed by atoms with E-state index in [1.807, 2.05) is 24.3 Å². The number of primary amides is 1. The predicted octanol–water partition coefficient (Wildman–Crippen LogP) is 2.90. The molecule has 0 aliphatic heterocycles. The highest BCUT2D eigenvalue weighted by atomic mass is 19.2. The first-order chi connectivity index (χ1) is 11.5. The van der Waals surface area contributed by atoms with Crippen LogP contribution in [-0.4, -0.2) is 16.0 Å². The first-order valence-electron chi connectivity index (χ1n) is 7.19. The number of rotatable bonds is 5. The summed E-state index contributed by atoms with van der Waals surface area (Å²) in [6, 6.07) is 11.2. The van der Waals surface area contributed by atoms with E-state index < -0.39 is 17.5 Å². The van der Waals surface area contributed by atoms with Crippen molar-refractivity contribution < 1.29 is 18.1 Å². The van der Waals surface area contributed by atoms with Crippen molar-refractivity contribution in [2.75, 3.05) is 0 Å². The van der Waals surface area contributed by atoms with Gasteiger partial charge in [0.1, 0.15) is 0 Å². The van der Waals surface area contributed by atoms with Crippen molar-refractivity contribution >= 4 is 5.91 Å². The Balaban J connectivity index is 1.67. The summed E-state index contributed by atoms with van der Waals surface area (Å²) in [4.78, 5) is 14.8. The second-order valence-corrected chi connectivity index (χ2v) is 5.20. The van der Waals surface area contributed by atoms with Gasteiger partial charge in [-0.25, -0.2) is 8.78 Å². The minimum absolute atomic E-state index is 0.140. The zero-order valence-electron chi connectivity index (χ0n) is 12.5. The Morgan fingerprint density at radius 2 is 1.71 bits per heavy atom. The first-order valence-corrected chi connectivity index (χ1v) is 7.19. The molecule has 1 aromatic heterocycles. The van der Waals surface area contributed by atoms with E-state index in [0.29, 0.717) is 24.3 Å². The van der Waals surface area contributed by atoms with Crippen molar-refractivity contribution in [1.29, 1.82) is 0 Å². The third-order valence-corrected chi connectivity index (χ3v) is 3.52. The lowest BCUT2D eigenvalue weighted by Crippen LogP contribution is -2.12. The van der Waals surface area contributed by atoms with E-state index in [-0.39, 0.29) is 5.82 Å². The van der Waals surface area contributed by atoms with Gasteiger partial charge < -0.3 is 10.3 Å². The fraction of sp³-hybridized carbons (Fsp3) is 0.118. The molecule has 3 aromatic rings. The van der Waals surface area contributed by atoms with Gasteiger partial charge in [0.15, 0.2) is 11.6 Å². The fourth-order valence-corrected chi connectivity index (χ4v) is 2.25. The molecule has 0 aliphatic carbocycles. The molecular formula is C17H13F2N3O2. The van der Waals surface area contributed by atoms with Crippen LogP contribution in [0.1, 0.15) is 22.1 Å². The maximum atomic E-state index is 13.3. The lowest BCUT2D eigenvalue weighted by Gasteiger charge is -2.04. The fourth-order valence-electron chi connectivity index (χ4n) is 2.25. The van der Waals surface area contributed by atoms with E-state index in [0.717, 1.165) is 23.3 Å². The highest BCUT2D eigenvalue weighted by Gasteiger charge is 2.11. The Hall–Kier alpha value is -3.09. The van der Waals surface area contributed by atoms with Gasteiger partial charge in [-0.2, -0.15) is 4.98 Å². The molecule has 2 N–H and O–H groups in total. The number of aryl methyl sites for hydroxylation is 2. The van der Waals surface area contributed by atoms with Crippen molar-refractivity contribution in [2.45, 2.75) is 12.8 Å². The molecule has 0 atom stereocenters. The molecule has 7 heteroatoms. The van der Waals surface area contributed by atoms with Crippen molar-refractivity contribution in [2.24, 2.45) is 5.73 Å². The van der Waals surface area contributed by atoms with Gasteiger partial charge in [0, 0.05) is 6.42 Å². The van der Waals surface area contributed by atoms with Crippen LogP contribution in [0.5, 0.6) is 0 Å². The minimum atomic E-state index is -0.877. The summed E-state index contributed by atoms with van der Waals surface area (Å²) in [5.74, 6) is -2.29. The molecule has 0 bridgehead atoms. The summed E-state index contributed by atoms with van der Waals surface area (Å²) < 4.78 is 31.2. The molecular weight excluding hydrogens is 316 g/mol.